The van der Waals surface area contributed by atoms with Crippen molar-refractivity contribution in [1.29, 1.82) is 0 Å². The first-order valence-electron chi connectivity index (χ1n) is 12.7. The van der Waals surface area contributed by atoms with Gasteiger partial charge in [0.05, 0.1) is 0 Å². The van der Waals surface area contributed by atoms with Gasteiger partial charge in [-0.1, -0.05) is 72.1 Å². The molecule has 5 unspecified atom stereocenters. The minimum atomic E-state index is 0.559. The molecule has 3 saturated carbocycles. The Labute approximate surface area is 176 Å². The standard InChI is InChI=1S/C26H48S/c1-4-25(3)21(2)18-23-13-7-5-6-8-15-24-16-10-9-12-22(20-27)14-11-17-26(24,25)19-23/h21-24,27H,4-20H2,1-3H3/t21?,22?,23?,24?,25-,26?/m1/s1. The molecule has 2 bridgehead atoms. The van der Waals surface area contributed by atoms with Crippen LogP contribution in [0.5, 0.6) is 0 Å². The minimum Gasteiger partial charge on any atom is -0.179 e. The van der Waals surface area contributed by atoms with Crippen molar-refractivity contribution in [2.45, 2.75) is 124 Å². The molecule has 3 aliphatic rings. The second-order valence-electron chi connectivity index (χ2n) is 11.0. The molecule has 3 fully saturated rings. The largest absolute Gasteiger partial charge is 0.179 e. The molecule has 0 saturated heterocycles. The van der Waals surface area contributed by atoms with Gasteiger partial charge >= 0.3 is 0 Å². The zero-order valence-corrected chi connectivity index (χ0v) is 19.7. The van der Waals surface area contributed by atoms with Gasteiger partial charge in [0.25, 0.3) is 0 Å². The van der Waals surface area contributed by atoms with Crippen LogP contribution >= 0.6 is 12.6 Å². The third-order valence-corrected chi connectivity index (χ3v) is 10.4. The number of rotatable bonds is 2. The maximum absolute atomic E-state index is 4.69. The van der Waals surface area contributed by atoms with E-state index >= 15 is 0 Å². The van der Waals surface area contributed by atoms with E-state index in [0.29, 0.717) is 10.8 Å². The molecule has 3 rings (SSSR count). The smallest absolute Gasteiger partial charge is 0.00695 e. The molecule has 0 radical (unpaired) electrons. The van der Waals surface area contributed by atoms with Gasteiger partial charge in [-0.05, 0) is 91.6 Å². The van der Waals surface area contributed by atoms with Crippen LogP contribution in [0.25, 0.3) is 0 Å². The highest BCUT2D eigenvalue weighted by molar-refractivity contribution is 7.80. The van der Waals surface area contributed by atoms with E-state index in [1.165, 1.54) is 96.3 Å². The molecule has 158 valence electrons. The van der Waals surface area contributed by atoms with E-state index in [1.54, 1.807) is 6.42 Å². The lowest BCUT2D eigenvalue weighted by molar-refractivity contribution is -0.126. The lowest BCUT2D eigenvalue weighted by Crippen LogP contribution is -2.54. The molecule has 3 aliphatic carbocycles. The molecule has 0 heterocycles. The van der Waals surface area contributed by atoms with Crippen LogP contribution in [0.3, 0.4) is 0 Å². The number of hydrogen-bond donors (Lipinski definition) is 1. The first-order valence-corrected chi connectivity index (χ1v) is 13.3. The molecule has 0 amide bonds. The zero-order chi connectivity index (χ0) is 19.3. The molecule has 27 heavy (non-hydrogen) atoms. The summed E-state index contributed by atoms with van der Waals surface area (Å²) in [5.74, 6) is 4.92. The summed E-state index contributed by atoms with van der Waals surface area (Å²) in [6.07, 6.45) is 23.9. The van der Waals surface area contributed by atoms with Gasteiger partial charge in [-0.25, -0.2) is 0 Å². The van der Waals surface area contributed by atoms with Crippen LogP contribution in [0.15, 0.2) is 0 Å². The second-order valence-corrected chi connectivity index (χ2v) is 11.4. The van der Waals surface area contributed by atoms with Gasteiger partial charge in [0, 0.05) is 0 Å². The summed E-state index contributed by atoms with van der Waals surface area (Å²) in [5.41, 5.74) is 1.18. The Morgan fingerprint density at radius 1 is 0.852 bits per heavy atom. The Morgan fingerprint density at radius 3 is 2.19 bits per heavy atom. The molecule has 6 atom stereocenters. The third-order valence-electron chi connectivity index (χ3n) is 9.90. The fourth-order valence-electron chi connectivity index (χ4n) is 7.96. The first kappa shape index (κ1) is 22.0. The predicted octanol–water partition coefficient (Wildman–Crippen LogP) is 8.70. The summed E-state index contributed by atoms with van der Waals surface area (Å²) < 4.78 is 0. The SMILES string of the molecule is CC[C@]1(C)C(C)CC2CCCCCCC3CCCCC(CS)CCCC31C2. The lowest BCUT2D eigenvalue weighted by atomic mass is 9.43. The average molecular weight is 393 g/mol. The third kappa shape index (κ3) is 4.59. The van der Waals surface area contributed by atoms with E-state index in [0.717, 1.165) is 29.4 Å². The van der Waals surface area contributed by atoms with Crippen LogP contribution in [0.4, 0.5) is 0 Å². The Bertz CT molecular complexity index is 445. The van der Waals surface area contributed by atoms with Crippen molar-refractivity contribution < 1.29 is 0 Å². The minimum absolute atomic E-state index is 0.559. The lowest BCUT2D eigenvalue weighted by Gasteiger charge is -2.62. The van der Waals surface area contributed by atoms with Gasteiger partial charge in [0.15, 0.2) is 0 Å². The molecule has 0 aromatic carbocycles. The van der Waals surface area contributed by atoms with Crippen molar-refractivity contribution >= 4 is 12.6 Å². The summed E-state index contributed by atoms with van der Waals surface area (Å²) >= 11 is 4.69. The number of hydrogen-bond acceptors (Lipinski definition) is 1. The normalized spacial score (nSPS) is 44.9. The fraction of sp³-hybridized carbons (Fsp3) is 1.00. The molecular formula is C26H48S. The summed E-state index contributed by atoms with van der Waals surface area (Å²) in [5, 5.41) is 0. The summed E-state index contributed by atoms with van der Waals surface area (Å²) in [6, 6.07) is 0. The molecule has 1 spiro atoms. The average Bonchev–Trinajstić information content (AvgIpc) is 2.67. The molecule has 1 heteroatoms. The van der Waals surface area contributed by atoms with Crippen LogP contribution in [-0.2, 0) is 0 Å². The highest BCUT2D eigenvalue weighted by Crippen LogP contribution is 2.65. The number of thiol groups is 1. The highest BCUT2D eigenvalue weighted by atomic mass is 32.1. The second kappa shape index (κ2) is 9.90. The molecule has 0 aromatic rings. The van der Waals surface area contributed by atoms with Crippen molar-refractivity contribution in [1.82, 2.24) is 0 Å². The molecule has 0 aliphatic heterocycles. The van der Waals surface area contributed by atoms with E-state index in [-0.39, 0.29) is 0 Å². The quantitative estimate of drug-likeness (QED) is 0.446. The fourth-order valence-corrected chi connectivity index (χ4v) is 8.32. The van der Waals surface area contributed by atoms with Crippen molar-refractivity contribution in [3.63, 3.8) is 0 Å². The monoisotopic (exact) mass is 392 g/mol. The van der Waals surface area contributed by atoms with Gasteiger partial charge in [-0.2, -0.15) is 12.6 Å². The summed E-state index contributed by atoms with van der Waals surface area (Å²) in [6.45, 7) is 7.89. The van der Waals surface area contributed by atoms with Crippen LogP contribution in [0.2, 0.25) is 0 Å². The zero-order valence-electron chi connectivity index (χ0n) is 18.8. The van der Waals surface area contributed by atoms with Crippen molar-refractivity contribution in [2.24, 2.45) is 34.5 Å². The Kier molecular flexibility index (Phi) is 8.09. The van der Waals surface area contributed by atoms with E-state index < -0.39 is 0 Å². The maximum Gasteiger partial charge on any atom is -0.00695 e. The molecular weight excluding hydrogens is 344 g/mol. The molecule has 0 nitrogen and oxygen atoms in total. The van der Waals surface area contributed by atoms with E-state index in [2.05, 4.69) is 20.8 Å². The van der Waals surface area contributed by atoms with Gasteiger partial charge in [-0.15, -0.1) is 0 Å². The summed E-state index contributed by atoms with van der Waals surface area (Å²) in [4.78, 5) is 0. The Hall–Kier alpha value is 0.350. The van der Waals surface area contributed by atoms with Crippen LogP contribution in [0.1, 0.15) is 124 Å². The van der Waals surface area contributed by atoms with Crippen molar-refractivity contribution in [2.75, 3.05) is 5.75 Å². The highest BCUT2D eigenvalue weighted by Gasteiger charge is 2.56. The Balaban J connectivity index is 1.95. The molecule has 0 aromatic heterocycles. The van der Waals surface area contributed by atoms with Crippen LogP contribution in [-0.4, -0.2) is 5.75 Å². The van der Waals surface area contributed by atoms with Gasteiger partial charge in [0.1, 0.15) is 0 Å². The van der Waals surface area contributed by atoms with E-state index in [1.807, 2.05) is 0 Å². The van der Waals surface area contributed by atoms with Gasteiger partial charge in [-0.3, -0.25) is 0 Å². The topological polar surface area (TPSA) is 0 Å². The van der Waals surface area contributed by atoms with Gasteiger partial charge in [0.2, 0.25) is 0 Å². The number of fused-ring (bicyclic) bond motifs is 1. The first-order chi connectivity index (χ1) is 13.1. The van der Waals surface area contributed by atoms with Crippen LogP contribution in [0, 0.1) is 34.5 Å². The Morgan fingerprint density at radius 2 is 1.48 bits per heavy atom. The predicted molar refractivity (Wildman–Crippen MR) is 124 cm³/mol. The van der Waals surface area contributed by atoms with Crippen molar-refractivity contribution in [3.05, 3.63) is 0 Å². The van der Waals surface area contributed by atoms with Crippen LogP contribution < -0.4 is 0 Å². The van der Waals surface area contributed by atoms with Gasteiger partial charge < -0.3 is 0 Å². The van der Waals surface area contributed by atoms with E-state index in [9.17, 15) is 0 Å². The maximum atomic E-state index is 4.69. The van der Waals surface area contributed by atoms with Crippen molar-refractivity contribution in [3.8, 4) is 0 Å². The summed E-state index contributed by atoms with van der Waals surface area (Å²) in [7, 11) is 0. The molecule has 0 N–H and O–H groups in total. The van der Waals surface area contributed by atoms with E-state index in [4.69, 9.17) is 12.6 Å².